The quantitative estimate of drug-likeness (QED) is 0.902. The Morgan fingerprint density at radius 2 is 2.10 bits per heavy atom. The molecule has 0 bridgehead atoms. The number of rotatable bonds is 3. The summed E-state index contributed by atoms with van der Waals surface area (Å²) in [5.41, 5.74) is 2.38. The van der Waals surface area contributed by atoms with E-state index in [1.165, 1.54) is 0 Å². The number of hydrogen-bond acceptors (Lipinski definition) is 3. The molecule has 20 heavy (non-hydrogen) atoms. The van der Waals surface area contributed by atoms with Gasteiger partial charge in [0.1, 0.15) is 5.69 Å². The van der Waals surface area contributed by atoms with Gasteiger partial charge in [0.25, 0.3) is 5.91 Å². The van der Waals surface area contributed by atoms with Crippen molar-refractivity contribution in [3.8, 4) is 0 Å². The van der Waals surface area contributed by atoms with Gasteiger partial charge in [-0.05, 0) is 12.5 Å². The molecule has 6 heteroatoms. The Kier molecular flexibility index (Phi) is 3.65. The fraction of sp³-hybridized carbons (Fsp3) is 0.500. The second-order valence-electron chi connectivity index (χ2n) is 5.87. The molecular formula is C14H21N5O. The van der Waals surface area contributed by atoms with Crippen LogP contribution in [0.3, 0.4) is 0 Å². The highest BCUT2D eigenvalue weighted by molar-refractivity contribution is 6.02. The molecule has 6 nitrogen and oxygen atoms in total. The third-order valence-corrected chi connectivity index (χ3v) is 3.15. The molecule has 0 aliphatic heterocycles. The molecule has 0 unspecified atom stereocenters. The summed E-state index contributed by atoms with van der Waals surface area (Å²) in [6.45, 7) is 8.26. The molecule has 0 saturated heterocycles. The van der Waals surface area contributed by atoms with Gasteiger partial charge < -0.3 is 5.32 Å². The summed E-state index contributed by atoms with van der Waals surface area (Å²) in [5.74, 6) is 0.325. The number of amides is 1. The van der Waals surface area contributed by atoms with Gasteiger partial charge >= 0.3 is 0 Å². The van der Waals surface area contributed by atoms with E-state index in [1.54, 1.807) is 17.8 Å². The summed E-state index contributed by atoms with van der Waals surface area (Å²) in [5, 5.41) is 14.1. The van der Waals surface area contributed by atoms with Gasteiger partial charge in [-0.3, -0.25) is 14.6 Å². The Balaban J connectivity index is 2.15. The second-order valence-corrected chi connectivity index (χ2v) is 5.87. The first-order valence-electron chi connectivity index (χ1n) is 6.71. The van der Waals surface area contributed by atoms with Gasteiger partial charge in [-0.25, -0.2) is 0 Å². The maximum Gasteiger partial charge on any atom is 0.275 e. The molecule has 2 rings (SSSR count). The van der Waals surface area contributed by atoms with Crippen LogP contribution in [0.4, 0.5) is 5.82 Å². The van der Waals surface area contributed by atoms with Crippen molar-refractivity contribution < 1.29 is 4.79 Å². The van der Waals surface area contributed by atoms with Crippen molar-refractivity contribution in [2.24, 2.45) is 7.05 Å². The van der Waals surface area contributed by atoms with Crippen LogP contribution in [-0.4, -0.2) is 25.9 Å². The number of carbonyl (C=O) groups is 1. The van der Waals surface area contributed by atoms with Crippen LogP contribution >= 0.6 is 0 Å². The van der Waals surface area contributed by atoms with E-state index in [-0.39, 0.29) is 11.3 Å². The van der Waals surface area contributed by atoms with E-state index in [9.17, 15) is 4.79 Å². The van der Waals surface area contributed by atoms with Crippen molar-refractivity contribution in [2.45, 2.75) is 39.5 Å². The van der Waals surface area contributed by atoms with Gasteiger partial charge in [0.05, 0.1) is 5.69 Å². The first kappa shape index (κ1) is 14.3. The normalized spacial score (nSPS) is 11.7. The minimum atomic E-state index is -0.202. The zero-order valence-electron chi connectivity index (χ0n) is 12.6. The van der Waals surface area contributed by atoms with Gasteiger partial charge in [0.15, 0.2) is 5.82 Å². The number of hydrogen-bond donors (Lipinski definition) is 2. The Hall–Kier alpha value is -2.11. The summed E-state index contributed by atoms with van der Waals surface area (Å²) < 4.78 is 1.59. The van der Waals surface area contributed by atoms with Gasteiger partial charge in [-0.1, -0.05) is 27.7 Å². The molecule has 0 fully saturated rings. The van der Waals surface area contributed by atoms with Crippen LogP contribution in [0.5, 0.6) is 0 Å². The Morgan fingerprint density at radius 3 is 2.60 bits per heavy atom. The minimum absolute atomic E-state index is 0.0299. The lowest BCUT2D eigenvalue weighted by Gasteiger charge is -2.14. The van der Waals surface area contributed by atoms with E-state index in [0.29, 0.717) is 11.5 Å². The van der Waals surface area contributed by atoms with E-state index in [4.69, 9.17) is 0 Å². The van der Waals surface area contributed by atoms with E-state index in [1.807, 2.05) is 13.0 Å². The smallest absolute Gasteiger partial charge is 0.275 e. The molecule has 1 amide bonds. The lowest BCUT2D eigenvalue weighted by molar-refractivity contribution is 0.101. The predicted octanol–water partition coefficient (Wildman–Crippen LogP) is 2.26. The molecule has 108 valence electrons. The third kappa shape index (κ3) is 2.89. The molecule has 2 aromatic rings. The van der Waals surface area contributed by atoms with Crippen molar-refractivity contribution in [3.05, 3.63) is 29.2 Å². The minimum Gasteiger partial charge on any atom is -0.304 e. The first-order valence-corrected chi connectivity index (χ1v) is 6.71. The van der Waals surface area contributed by atoms with E-state index >= 15 is 0 Å². The van der Waals surface area contributed by atoms with Crippen LogP contribution in [0.1, 0.15) is 49.6 Å². The van der Waals surface area contributed by atoms with Gasteiger partial charge in [0.2, 0.25) is 0 Å². The highest BCUT2D eigenvalue weighted by Gasteiger charge is 2.18. The Bertz CT molecular complexity index is 618. The summed E-state index contributed by atoms with van der Waals surface area (Å²) in [6.07, 6.45) is 0.803. The van der Waals surface area contributed by atoms with Crippen LogP contribution in [0.15, 0.2) is 12.1 Å². The maximum absolute atomic E-state index is 12.2. The van der Waals surface area contributed by atoms with Crippen LogP contribution in [0.25, 0.3) is 0 Å². The molecule has 0 spiro atoms. The molecule has 0 radical (unpaired) electrons. The number of aryl methyl sites for hydroxylation is 2. The first-order chi connectivity index (χ1) is 9.31. The van der Waals surface area contributed by atoms with Crippen LogP contribution in [-0.2, 0) is 18.9 Å². The molecule has 0 aliphatic rings. The van der Waals surface area contributed by atoms with Crippen LogP contribution < -0.4 is 5.32 Å². The standard InChI is InChI=1S/C14H21N5O/c1-6-9-7-10(19(5)18-9)13(20)15-12-8-11(16-17-12)14(2,3)4/h7-8H,6H2,1-5H3,(H2,15,16,17,20). The SMILES string of the molecule is CCc1cc(C(=O)Nc2cc(C(C)(C)C)[nH]n2)n(C)n1. The highest BCUT2D eigenvalue weighted by atomic mass is 16.2. The van der Waals surface area contributed by atoms with Crippen molar-refractivity contribution in [1.82, 2.24) is 20.0 Å². The summed E-state index contributed by atoms with van der Waals surface area (Å²) in [4.78, 5) is 12.2. The zero-order valence-corrected chi connectivity index (χ0v) is 12.6. The van der Waals surface area contributed by atoms with E-state index in [0.717, 1.165) is 17.8 Å². The average Bonchev–Trinajstić information content (AvgIpc) is 2.94. The molecular weight excluding hydrogens is 254 g/mol. The monoisotopic (exact) mass is 275 g/mol. The number of carbonyl (C=O) groups excluding carboxylic acids is 1. The summed E-state index contributed by atoms with van der Waals surface area (Å²) in [6, 6.07) is 3.65. The molecule has 0 atom stereocenters. The summed E-state index contributed by atoms with van der Waals surface area (Å²) >= 11 is 0. The molecule has 0 saturated carbocycles. The molecule has 0 aromatic carbocycles. The van der Waals surface area contributed by atoms with Crippen LogP contribution in [0, 0.1) is 0 Å². The maximum atomic E-state index is 12.2. The van der Waals surface area contributed by atoms with Gasteiger partial charge in [-0.15, -0.1) is 0 Å². The number of aromatic nitrogens is 4. The second kappa shape index (κ2) is 5.11. The van der Waals surface area contributed by atoms with Crippen molar-refractivity contribution in [3.63, 3.8) is 0 Å². The fourth-order valence-corrected chi connectivity index (χ4v) is 1.86. The molecule has 2 N–H and O–H groups in total. The third-order valence-electron chi connectivity index (χ3n) is 3.15. The van der Waals surface area contributed by atoms with Gasteiger partial charge in [-0.2, -0.15) is 10.2 Å². The number of nitrogens with one attached hydrogen (secondary N) is 2. The Labute approximate surface area is 118 Å². The largest absolute Gasteiger partial charge is 0.304 e. The number of anilines is 1. The van der Waals surface area contributed by atoms with E-state index in [2.05, 4.69) is 41.4 Å². The zero-order chi connectivity index (χ0) is 14.9. The fourth-order valence-electron chi connectivity index (χ4n) is 1.86. The van der Waals surface area contributed by atoms with Crippen molar-refractivity contribution >= 4 is 11.7 Å². The van der Waals surface area contributed by atoms with Crippen LogP contribution in [0.2, 0.25) is 0 Å². The number of nitrogens with zero attached hydrogens (tertiary/aromatic N) is 3. The molecule has 2 aromatic heterocycles. The Morgan fingerprint density at radius 1 is 1.40 bits per heavy atom. The lowest BCUT2D eigenvalue weighted by Crippen LogP contribution is -2.16. The van der Waals surface area contributed by atoms with E-state index < -0.39 is 0 Å². The van der Waals surface area contributed by atoms with Gasteiger partial charge in [0, 0.05) is 24.2 Å². The molecule has 2 heterocycles. The average molecular weight is 275 g/mol. The van der Waals surface area contributed by atoms with Crippen molar-refractivity contribution in [2.75, 3.05) is 5.32 Å². The highest BCUT2D eigenvalue weighted by Crippen LogP contribution is 2.22. The number of H-pyrrole nitrogens is 1. The summed E-state index contributed by atoms with van der Waals surface area (Å²) in [7, 11) is 1.76. The predicted molar refractivity (Wildman–Crippen MR) is 77.8 cm³/mol. The number of aromatic amines is 1. The topological polar surface area (TPSA) is 75.6 Å². The van der Waals surface area contributed by atoms with Crippen molar-refractivity contribution in [1.29, 1.82) is 0 Å². The lowest BCUT2D eigenvalue weighted by atomic mass is 9.92. The molecule has 0 aliphatic carbocycles.